The van der Waals surface area contributed by atoms with Crippen LogP contribution in [0.25, 0.3) is 0 Å². The smallest absolute Gasteiger partial charge is 0.254 e. The fourth-order valence-corrected chi connectivity index (χ4v) is 1.80. The number of piperidine rings is 1. The Morgan fingerprint density at radius 1 is 1.31 bits per heavy atom. The Balaban J connectivity index is 1.91. The second-order valence-electron chi connectivity index (χ2n) is 3.90. The quantitative estimate of drug-likeness (QED) is 0.762. The zero-order valence-electron chi connectivity index (χ0n) is 8.84. The number of anilines is 1. The number of hydrogen-bond donors (Lipinski definition) is 2. The van der Waals surface area contributed by atoms with Gasteiger partial charge in [0.2, 0.25) is 5.82 Å². The van der Waals surface area contributed by atoms with Gasteiger partial charge >= 0.3 is 0 Å². The van der Waals surface area contributed by atoms with E-state index in [-0.39, 0.29) is 5.82 Å². The van der Waals surface area contributed by atoms with E-state index in [0.29, 0.717) is 12.5 Å². The van der Waals surface area contributed by atoms with Crippen molar-refractivity contribution in [3.05, 3.63) is 18.1 Å². The van der Waals surface area contributed by atoms with Gasteiger partial charge in [0.15, 0.2) is 5.82 Å². The van der Waals surface area contributed by atoms with Crippen LogP contribution in [-0.2, 0) is 0 Å². The lowest BCUT2D eigenvalue weighted by molar-refractivity contribution is 0.388. The van der Waals surface area contributed by atoms with E-state index in [0.717, 1.165) is 32.3 Å². The van der Waals surface area contributed by atoms with Crippen molar-refractivity contribution in [2.75, 3.05) is 25.0 Å². The molecular formula is C10H14F2N4. The lowest BCUT2D eigenvalue weighted by atomic mass is 9.98. The second kappa shape index (κ2) is 5.16. The molecule has 0 saturated carbocycles. The zero-order chi connectivity index (χ0) is 11.4. The lowest BCUT2D eigenvalue weighted by Gasteiger charge is -2.22. The third kappa shape index (κ3) is 2.63. The predicted octanol–water partition coefficient (Wildman–Crippen LogP) is 1.17. The van der Waals surface area contributed by atoms with E-state index in [1.807, 2.05) is 0 Å². The minimum Gasteiger partial charge on any atom is -0.367 e. The molecule has 1 fully saturated rings. The van der Waals surface area contributed by atoms with Crippen LogP contribution in [0.15, 0.2) is 6.33 Å². The second-order valence-corrected chi connectivity index (χ2v) is 3.90. The average molecular weight is 228 g/mol. The average Bonchev–Trinajstić information content (AvgIpc) is 2.32. The summed E-state index contributed by atoms with van der Waals surface area (Å²) in [6.07, 6.45) is 3.10. The first-order chi connectivity index (χ1) is 7.77. The molecule has 1 aromatic heterocycles. The van der Waals surface area contributed by atoms with Crippen molar-refractivity contribution in [3.8, 4) is 0 Å². The first-order valence-electron chi connectivity index (χ1n) is 5.38. The van der Waals surface area contributed by atoms with E-state index in [9.17, 15) is 8.78 Å². The SMILES string of the molecule is Fc1ncnc(NCC2CCNCC2)c1F. The number of nitrogens with zero attached hydrogens (tertiary/aromatic N) is 2. The van der Waals surface area contributed by atoms with Gasteiger partial charge in [0, 0.05) is 6.54 Å². The maximum Gasteiger partial charge on any atom is 0.254 e. The van der Waals surface area contributed by atoms with Crippen molar-refractivity contribution in [1.82, 2.24) is 15.3 Å². The van der Waals surface area contributed by atoms with Gasteiger partial charge in [-0.3, -0.25) is 0 Å². The van der Waals surface area contributed by atoms with Crippen molar-refractivity contribution in [1.29, 1.82) is 0 Å². The molecule has 0 atom stereocenters. The third-order valence-corrected chi connectivity index (χ3v) is 2.76. The summed E-state index contributed by atoms with van der Waals surface area (Å²) in [7, 11) is 0. The van der Waals surface area contributed by atoms with E-state index in [2.05, 4.69) is 20.6 Å². The monoisotopic (exact) mass is 228 g/mol. The van der Waals surface area contributed by atoms with Crippen LogP contribution in [0.3, 0.4) is 0 Å². The highest BCUT2D eigenvalue weighted by atomic mass is 19.2. The normalized spacial score (nSPS) is 17.4. The number of hydrogen-bond acceptors (Lipinski definition) is 4. The molecule has 2 rings (SSSR count). The van der Waals surface area contributed by atoms with Gasteiger partial charge in [-0.25, -0.2) is 9.97 Å². The molecule has 1 aliphatic heterocycles. The molecule has 88 valence electrons. The van der Waals surface area contributed by atoms with Crippen LogP contribution in [0.1, 0.15) is 12.8 Å². The fourth-order valence-electron chi connectivity index (χ4n) is 1.80. The highest BCUT2D eigenvalue weighted by Crippen LogP contribution is 2.15. The van der Waals surface area contributed by atoms with Crippen molar-refractivity contribution in [2.45, 2.75) is 12.8 Å². The van der Waals surface area contributed by atoms with Gasteiger partial charge in [-0.05, 0) is 31.8 Å². The van der Waals surface area contributed by atoms with E-state index < -0.39 is 11.8 Å². The number of halogens is 2. The van der Waals surface area contributed by atoms with Crippen molar-refractivity contribution in [3.63, 3.8) is 0 Å². The van der Waals surface area contributed by atoms with Crippen LogP contribution >= 0.6 is 0 Å². The number of aromatic nitrogens is 2. The van der Waals surface area contributed by atoms with Gasteiger partial charge in [0.1, 0.15) is 6.33 Å². The Labute approximate surface area is 92.5 Å². The van der Waals surface area contributed by atoms with E-state index >= 15 is 0 Å². The lowest BCUT2D eigenvalue weighted by Crippen LogP contribution is -2.31. The van der Waals surface area contributed by atoms with Gasteiger partial charge in [-0.2, -0.15) is 8.78 Å². The molecule has 0 bridgehead atoms. The number of rotatable bonds is 3. The molecule has 0 spiro atoms. The summed E-state index contributed by atoms with van der Waals surface area (Å²) in [5, 5.41) is 6.08. The predicted molar refractivity (Wildman–Crippen MR) is 56.0 cm³/mol. The zero-order valence-corrected chi connectivity index (χ0v) is 8.84. The largest absolute Gasteiger partial charge is 0.367 e. The molecule has 1 saturated heterocycles. The van der Waals surface area contributed by atoms with Crippen LogP contribution in [0.5, 0.6) is 0 Å². The molecule has 0 aromatic carbocycles. The molecule has 16 heavy (non-hydrogen) atoms. The van der Waals surface area contributed by atoms with E-state index in [4.69, 9.17) is 0 Å². The summed E-state index contributed by atoms with van der Waals surface area (Å²) in [5.74, 6) is -1.68. The van der Waals surface area contributed by atoms with Crippen molar-refractivity contribution in [2.24, 2.45) is 5.92 Å². The Morgan fingerprint density at radius 2 is 2.06 bits per heavy atom. The van der Waals surface area contributed by atoms with Gasteiger partial charge in [0.05, 0.1) is 0 Å². The number of nitrogens with one attached hydrogen (secondary N) is 2. The van der Waals surface area contributed by atoms with Crippen LogP contribution in [0, 0.1) is 17.7 Å². The highest BCUT2D eigenvalue weighted by molar-refractivity contribution is 5.34. The topological polar surface area (TPSA) is 49.8 Å². The maximum absolute atomic E-state index is 13.2. The third-order valence-electron chi connectivity index (χ3n) is 2.76. The molecule has 0 radical (unpaired) electrons. The molecule has 0 unspecified atom stereocenters. The molecule has 1 aliphatic rings. The first-order valence-corrected chi connectivity index (χ1v) is 5.38. The summed E-state index contributed by atoms with van der Waals surface area (Å²) in [6.45, 7) is 2.58. The molecule has 0 amide bonds. The summed E-state index contributed by atoms with van der Waals surface area (Å²) in [5.41, 5.74) is 0. The fraction of sp³-hybridized carbons (Fsp3) is 0.600. The first kappa shape index (κ1) is 11.2. The van der Waals surface area contributed by atoms with Crippen LogP contribution in [-0.4, -0.2) is 29.6 Å². The molecule has 0 aliphatic carbocycles. The van der Waals surface area contributed by atoms with Crippen LogP contribution in [0.2, 0.25) is 0 Å². The Morgan fingerprint density at radius 3 is 2.81 bits per heavy atom. The van der Waals surface area contributed by atoms with Crippen LogP contribution < -0.4 is 10.6 Å². The molecular weight excluding hydrogens is 214 g/mol. The molecule has 2 N–H and O–H groups in total. The van der Waals surface area contributed by atoms with Gasteiger partial charge in [0.25, 0.3) is 5.95 Å². The highest BCUT2D eigenvalue weighted by Gasteiger charge is 2.15. The Kier molecular flexibility index (Phi) is 3.61. The summed E-state index contributed by atoms with van der Waals surface area (Å²) in [6, 6.07) is 0. The summed E-state index contributed by atoms with van der Waals surface area (Å²) >= 11 is 0. The molecule has 4 nitrogen and oxygen atoms in total. The van der Waals surface area contributed by atoms with Crippen molar-refractivity contribution >= 4 is 5.82 Å². The van der Waals surface area contributed by atoms with Crippen molar-refractivity contribution < 1.29 is 8.78 Å². The molecule has 1 aromatic rings. The Hall–Kier alpha value is -1.30. The van der Waals surface area contributed by atoms with Gasteiger partial charge in [-0.1, -0.05) is 0 Å². The molecule has 6 heteroatoms. The van der Waals surface area contributed by atoms with Crippen LogP contribution in [0.4, 0.5) is 14.6 Å². The maximum atomic E-state index is 13.2. The minimum atomic E-state index is -1.11. The van der Waals surface area contributed by atoms with E-state index in [1.54, 1.807) is 0 Å². The standard InChI is InChI=1S/C10H14F2N4/c11-8-9(12)15-6-16-10(8)14-5-7-1-3-13-4-2-7/h6-7,13H,1-5H2,(H,14,15,16). The molecule has 2 heterocycles. The minimum absolute atomic E-state index is 0.0500. The summed E-state index contributed by atoms with van der Waals surface area (Å²) in [4.78, 5) is 6.80. The van der Waals surface area contributed by atoms with E-state index in [1.165, 1.54) is 0 Å². The summed E-state index contributed by atoms with van der Waals surface area (Å²) < 4.78 is 25.9. The van der Waals surface area contributed by atoms with Gasteiger partial charge in [-0.15, -0.1) is 0 Å². The Bertz CT molecular complexity index is 353. The van der Waals surface area contributed by atoms with Gasteiger partial charge < -0.3 is 10.6 Å².